The number of halogens is 1. The van der Waals surface area contributed by atoms with Crippen LogP contribution < -0.4 is 4.74 Å². The number of benzene rings is 1. The highest BCUT2D eigenvalue weighted by atomic mass is 19.1. The van der Waals surface area contributed by atoms with E-state index < -0.39 is 0 Å². The molecule has 0 atom stereocenters. The highest BCUT2D eigenvalue weighted by Gasteiger charge is 2.15. The maximum absolute atomic E-state index is 13.6. The fourth-order valence-corrected chi connectivity index (χ4v) is 1.46. The third-order valence-corrected chi connectivity index (χ3v) is 2.02. The summed E-state index contributed by atoms with van der Waals surface area (Å²) in [6.07, 6.45) is 1.78. The standard InChI is InChI=1S/C12H14FNO/c1-12(2,3)15-11-6-8-4-5-14-10(8)7-9(11)13/h4-7,14H,1-3H3. The molecule has 0 aliphatic rings. The fourth-order valence-electron chi connectivity index (χ4n) is 1.46. The lowest BCUT2D eigenvalue weighted by Gasteiger charge is -2.21. The normalized spacial score (nSPS) is 12.0. The van der Waals surface area contributed by atoms with Crippen LogP contribution in [0.15, 0.2) is 24.4 Å². The minimum atomic E-state index is -0.384. The zero-order chi connectivity index (χ0) is 11.1. The monoisotopic (exact) mass is 207 g/mol. The van der Waals surface area contributed by atoms with Crippen molar-refractivity contribution >= 4 is 10.9 Å². The Labute approximate surface area is 88.1 Å². The Bertz CT molecular complexity index is 482. The SMILES string of the molecule is CC(C)(C)Oc1cc2cc[nH]c2cc1F. The Morgan fingerprint density at radius 1 is 1.27 bits per heavy atom. The first-order chi connectivity index (χ1) is 6.96. The minimum absolute atomic E-state index is 0.301. The minimum Gasteiger partial charge on any atom is -0.485 e. The first-order valence-corrected chi connectivity index (χ1v) is 4.91. The average molecular weight is 207 g/mol. The van der Waals surface area contributed by atoms with Crippen LogP contribution in [0.25, 0.3) is 10.9 Å². The molecule has 2 nitrogen and oxygen atoms in total. The molecule has 2 rings (SSSR count). The number of nitrogens with one attached hydrogen (secondary N) is 1. The van der Waals surface area contributed by atoms with Gasteiger partial charge in [0, 0.05) is 23.2 Å². The number of hydrogen-bond donors (Lipinski definition) is 1. The lowest BCUT2D eigenvalue weighted by Crippen LogP contribution is -2.23. The van der Waals surface area contributed by atoms with Crippen LogP contribution in [-0.2, 0) is 0 Å². The van der Waals surface area contributed by atoms with E-state index in [1.165, 1.54) is 6.07 Å². The summed E-state index contributed by atoms with van der Waals surface area (Å²) in [5.41, 5.74) is 0.402. The molecular formula is C12H14FNO. The largest absolute Gasteiger partial charge is 0.485 e. The predicted molar refractivity (Wildman–Crippen MR) is 58.6 cm³/mol. The highest BCUT2D eigenvalue weighted by Crippen LogP contribution is 2.26. The summed E-state index contributed by atoms with van der Waals surface area (Å²) in [7, 11) is 0. The Balaban J connectivity index is 2.46. The predicted octanol–water partition coefficient (Wildman–Crippen LogP) is 3.48. The van der Waals surface area contributed by atoms with E-state index >= 15 is 0 Å². The molecule has 1 heterocycles. The van der Waals surface area contributed by atoms with Crippen LogP contribution in [0.4, 0.5) is 4.39 Å². The number of aromatic amines is 1. The van der Waals surface area contributed by atoms with Gasteiger partial charge in [0.1, 0.15) is 5.60 Å². The zero-order valence-electron chi connectivity index (χ0n) is 9.10. The van der Waals surface area contributed by atoms with Crippen molar-refractivity contribution in [2.45, 2.75) is 26.4 Å². The number of ether oxygens (including phenoxy) is 1. The van der Waals surface area contributed by atoms with Crippen LogP contribution in [0.5, 0.6) is 5.75 Å². The van der Waals surface area contributed by atoms with Gasteiger partial charge in [-0.2, -0.15) is 0 Å². The molecule has 15 heavy (non-hydrogen) atoms. The molecule has 1 aromatic heterocycles. The lowest BCUT2D eigenvalue weighted by molar-refractivity contribution is 0.124. The van der Waals surface area contributed by atoms with Crippen LogP contribution >= 0.6 is 0 Å². The van der Waals surface area contributed by atoms with Gasteiger partial charge in [-0.25, -0.2) is 4.39 Å². The van der Waals surface area contributed by atoms with Crippen molar-refractivity contribution in [3.8, 4) is 5.75 Å². The zero-order valence-corrected chi connectivity index (χ0v) is 9.10. The van der Waals surface area contributed by atoms with Gasteiger partial charge >= 0.3 is 0 Å². The molecule has 1 aromatic carbocycles. The summed E-state index contributed by atoms with van der Waals surface area (Å²) in [4.78, 5) is 2.95. The van der Waals surface area contributed by atoms with E-state index in [2.05, 4.69) is 4.98 Å². The van der Waals surface area contributed by atoms with Crippen molar-refractivity contribution in [1.29, 1.82) is 0 Å². The number of fused-ring (bicyclic) bond motifs is 1. The van der Waals surface area contributed by atoms with Crippen molar-refractivity contribution < 1.29 is 9.13 Å². The van der Waals surface area contributed by atoms with Crippen LogP contribution in [-0.4, -0.2) is 10.6 Å². The highest BCUT2D eigenvalue weighted by molar-refractivity contribution is 5.81. The molecule has 0 aliphatic carbocycles. The van der Waals surface area contributed by atoms with E-state index in [0.29, 0.717) is 5.75 Å². The van der Waals surface area contributed by atoms with Crippen molar-refractivity contribution in [2.75, 3.05) is 0 Å². The molecule has 2 aromatic rings. The fraction of sp³-hybridized carbons (Fsp3) is 0.333. The molecule has 0 fully saturated rings. The molecule has 0 spiro atoms. The molecule has 0 aliphatic heterocycles. The Hall–Kier alpha value is -1.51. The molecule has 3 heteroatoms. The second kappa shape index (κ2) is 3.26. The van der Waals surface area contributed by atoms with E-state index in [9.17, 15) is 4.39 Å². The summed E-state index contributed by atoms with van der Waals surface area (Å²) in [6.45, 7) is 5.69. The van der Waals surface area contributed by atoms with E-state index in [0.717, 1.165) is 10.9 Å². The maximum atomic E-state index is 13.6. The van der Waals surface area contributed by atoms with Gasteiger partial charge in [0.15, 0.2) is 11.6 Å². The Morgan fingerprint density at radius 2 is 2.00 bits per heavy atom. The molecule has 0 saturated carbocycles. The number of aromatic nitrogens is 1. The average Bonchev–Trinajstić information content (AvgIpc) is 2.49. The maximum Gasteiger partial charge on any atom is 0.167 e. The molecule has 0 saturated heterocycles. The molecular weight excluding hydrogens is 193 g/mol. The molecule has 0 radical (unpaired) electrons. The van der Waals surface area contributed by atoms with Crippen molar-refractivity contribution in [2.24, 2.45) is 0 Å². The van der Waals surface area contributed by atoms with Gasteiger partial charge < -0.3 is 9.72 Å². The molecule has 0 unspecified atom stereocenters. The number of rotatable bonds is 1. The van der Waals surface area contributed by atoms with E-state index in [-0.39, 0.29) is 11.4 Å². The van der Waals surface area contributed by atoms with E-state index in [1.54, 1.807) is 12.3 Å². The van der Waals surface area contributed by atoms with Gasteiger partial charge in [0.05, 0.1) is 0 Å². The summed E-state index contributed by atoms with van der Waals surface area (Å²) >= 11 is 0. The quantitative estimate of drug-likeness (QED) is 0.760. The second-order valence-electron chi connectivity index (χ2n) is 4.56. The van der Waals surface area contributed by atoms with Gasteiger partial charge in [-0.15, -0.1) is 0 Å². The van der Waals surface area contributed by atoms with Gasteiger partial charge in [-0.1, -0.05) is 0 Å². The van der Waals surface area contributed by atoms with Crippen LogP contribution in [0, 0.1) is 5.82 Å². The molecule has 1 N–H and O–H groups in total. The number of H-pyrrole nitrogens is 1. The van der Waals surface area contributed by atoms with Crippen molar-refractivity contribution in [3.05, 3.63) is 30.2 Å². The molecule has 0 amide bonds. The third kappa shape index (κ3) is 2.12. The van der Waals surface area contributed by atoms with E-state index in [1.807, 2.05) is 26.8 Å². The van der Waals surface area contributed by atoms with Crippen LogP contribution in [0.2, 0.25) is 0 Å². The van der Waals surface area contributed by atoms with Gasteiger partial charge in [0.2, 0.25) is 0 Å². The molecule has 0 bridgehead atoms. The summed E-state index contributed by atoms with van der Waals surface area (Å²) in [6, 6.07) is 5.06. The van der Waals surface area contributed by atoms with Gasteiger partial charge in [0.25, 0.3) is 0 Å². The van der Waals surface area contributed by atoms with Crippen molar-refractivity contribution in [3.63, 3.8) is 0 Å². The summed E-state index contributed by atoms with van der Waals surface area (Å²) < 4.78 is 19.1. The van der Waals surface area contributed by atoms with Gasteiger partial charge in [-0.05, 0) is 32.9 Å². The third-order valence-electron chi connectivity index (χ3n) is 2.02. The first-order valence-electron chi connectivity index (χ1n) is 4.91. The Morgan fingerprint density at radius 3 is 2.67 bits per heavy atom. The summed E-state index contributed by atoms with van der Waals surface area (Å²) in [5, 5.41) is 0.954. The second-order valence-corrected chi connectivity index (χ2v) is 4.56. The van der Waals surface area contributed by atoms with Crippen LogP contribution in [0.3, 0.4) is 0 Å². The number of hydrogen-bond acceptors (Lipinski definition) is 1. The van der Waals surface area contributed by atoms with Crippen molar-refractivity contribution in [1.82, 2.24) is 4.98 Å². The Kier molecular flexibility index (Phi) is 2.18. The smallest absolute Gasteiger partial charge is 0.167 e. The molecule has 80 valence electrons. The summed E-state index contributed by atoms with van der Waals surface area (Å²) in [5.74, 6) is -0.0329. The lowest BCUT2D eigenvalue weighted by atomic mass is 10.2. The van der Waals surface area contributed by atoms with Crippen LogP contribution in [0.1, 0.15) is 20.8 Å². The topological polar surface area (TPSA) is 25.0 Å². The first kappa shape index (κ1) is 10.0. The van der Waals surface area contributed by atoms with E-state index in [4.69, 9.17) is 4.74 Å². The van der Waals surface area contributed by atoms with Gasteiger partial charge in [-0.3, -0.25) is 0 Å².